The van der Waals surface area contributed by atoms with Crippen LogP contribution in [0.4, 0.5) is 0 Å². The van der Waals surface area contributed by atoms with E-state index >= 15 is 0 Å². The molecule has 0 aliphatic rings. The molecule has 0 bridgehead atoms. The topological polar surface area (TPSA) is 38.0 Å². The van der Waals surface area contributed by atoms with Crippen LogP contribution in [0.5, 0.6) is 0 Å². The van der Waals surface area contributed by atoms with E-state index in [-0.39, 0.29) is 6.04 Å². The minimum absolute atomic E-state index is 0.215. The Bertz CT molecular complexity index is 269. The fourth-order valence-corrected chi connectivity index (χ4v) is 1.52. The van der Waals surface area contributed by atoms with Gasteiger partial charge in [0.05, 0.1) is 0 Å². The molecule has 0 aliphatic carbocycles. The van der Waals surface area contributed by atoms with Crippen LogP contribution in [-0.2, 0) is 0 Å². The van der Waals surface area contributed by atoms with Gasteiger partial charge in [-0.05, 0) is 17.7 Å². The molecule has 1 aromatic rings. The molecule has 0 saturated heterocycles. The van der Waals surface area contributed by atoms with Crippen molar-refractivity contribution in [3.8, 4) is 0 Å². The summed E-state index contributed by atoms with van der Waals surface area (Å²) >= 11 is 5.81. The lowest BCUT2D eigenvalue weighted by molar-refractivity contribution is 0.484. The third-order valence-electron chi connectivity index (χ3n) is 2.04. The maximum Gasteiger partial charge on any atom is 0.0446 e. The molecule has 3 N–H and O–H groups in total. The van der Waals surface area contributed by atoms with Crippen LogP contribution in [0.2, 0.25) is 5.02 Å². The molecule has 0 heterocycles. The number of nitrogens with two attached hydrogens (primary N) is 1. The van der Waals surface area contributed by atoms with E-state index in [1.807, 2.05) is 24.3 Å². The summed E-state index contributed by atoms with van der Waals surface area (Å²) in [5.74, 6) is 0. The predicted molar refractivity (Wildman–Crippen MR) is 61.5 cm³/mol. The molecule has 1 atom stereocenters. The van der Waals surface area contributed by atoms with Crippen molar-refractivity contribution in [3.05, 3.63) is 34.9 Å². The normalized spacial score (nSPS) is 13.2. The van der Waals surface area contributed by atoms with E-state index in [0.717, 1.165) is 5.02 Å². The Morgan fingerprint density at radius 2 is 1.86 bits per heavy atom. The zero-order valence-corrected chi connectivity index (χ0v) is 9.38. The molecule has 0 aliphatic heterocycles. The Morgan fingerprint density at radius 1 is 1.29 bits per heavy atom. The van der Waals surface area contributed by atoms with Gasteiger partial charge in [0.2, 0.25) is 0 Å². The van der Waals surface area contributed by atoms with E-state index < -0.39 is 0 Å². The number of hydrogen-bond acceptors (Lipinski definition) is 2. The Balaban J connectivity index is 2.73. The first-order chi connectivity index (χ1) is 6.63. The van der Waals surface area contributed by atoms with Gasteiger partial charge in [0.15, 0.2) is 0 Å². The van der Waals surface area contributed by atoms with Crippen LogP contribution < -0.4 is 11.1 Å². The summed E-state index contributed by atoms with van der Waals surface area (Å²) in [6, 6.07) is 8.44. The second-order valence-corrected chi connectivity index (χ2v) is 4.10. The smallest absolute Gasteiger partial charge is 0.0446 e. The van der Waals surface area contributed by atoms with Gasteiger partial charge in [0, 0.05) is 23.7 Å². The van der Waals surface area contributed by atoms with Crippen molar-refractivity contribution in [2.24, 2.45) is 5.73 Å². The van der Waals surface area contributed by atoms with E-state index in [4.69, 9.17) is 17.3 Å². The molecule has 3 heteroatoms. The van der Waals surface area contributed by atoms with Crippen molar-refractivity contribution >= 4 is 11.6 Å². The first-order valence-electron chi connectivity index (χ1n) is 4.85. The summed E-state index contributed by atoms with van der Waals surface area (Å²) in [4.78, 5) is 0. The highest BCUT2D eigenvalue weighted by molar-refractivity contribution is 6.30. The van der Waals surface area contributed by atoms with E-state index in [1.54, 1.807) is 0 Å². The van der Waals surface area contributed by atoms with Crippen LogP contribution in [-0.4, -0.2) is 12.6 Å². The van der Waals surface area contributed by atoms with Gasteiger partial charge < -0.3 is 11.1 Å². The monoisotopic (exact) mass is 212 g/mol. The fraction of sp³-hybridized carbons (Fsp3) is 0.455. The summed E-state index contributed by atoms with van der Waals surface area (Å²) in [5.41, 5.74) is 6.88. The van der Waals surface area contributed by atoms with Crippen molar-refractivity contribution in [2.75, 3.05) is 6.54 Å². The molecule has 78 valence electrons. The van der Waals surface area contributed by atoms with Crippen molar-refractivity contribution < 1.29 is 0 Å². The lowest BCUT2D eigenvalue weighted by atomic mass is 10.1. The molecule has 0 fully saturated rings. The summed E-state index contributed by atoms with van der Waals surface area (Å²) in [6.07, 6.45) is 0. The van der Waals surface area contributed by atoms with Crippen molar-refractivity contribution in [3.63, 3.8) is 0 Å². The first-order valence-corrected chi connectivity index (χ1v) is 5.23. The SMILES string of the molecule is CC(C)NC(CN)c1ccc(Cl)cc1. The fourth-order valence-electron chi connectivity index (χ4n) is 1.40. The summed E-state index contributed by atoms with van der Waals surface area (Å²) in [6.45, 7) is 4.82. The molecule has 2 nitrogen and oxygen atoms in total. The Hall–Kier alpha value is -0.570. The van der Waals surface area contributed by atoms with Gasteiger partial charge >= 0.3 is 0 Å². The van der Waals surface area contributed by atoms with Crippen LogP contribution in [0.3, 0.4) is 0 Å². The highest BCUT2D eigenvalue weighted by Gasteiger charge is 2.09. The molecule has 0 aromatic heterocycles. The van der Waals surface area contributed by atoms with E-state index in [1.165, 1.54) is 5.56 Å². The molecule has 0 spiro atoms. The third-order valence-corrected chi connectivity index (χ3v) is 2.29. The van der Waals surface area contributed by atoms with Crippen LogP contribution in [0.25, 0.3) is 0 Å². The molecular weight excluding hydrogens is 196 g/mol. The molecule has 0 amide bonds. The summed E-state index contributed by atoms with van der Waals surface area (Å²) in [5, 5.41) is 4.16. The summed E-state index contributed by atoms with van der Waals surface area (Å²) in [7, 11) is 0. The number of halogens is 1. The average Bonchev–Trinajstić information content (AvgIpc) is 2.15. The van der Waals surface area contributed by atoms with Crippen molar-refractivity contribution in [1.82, 2.24) is 5.32 Å². The molecular formula is C11H17ClN2. The van der Waals surface area contributed by atoms with Crippen molar-refractivity contribution in [2.45, 2.75) is 25.9 Å². The van der Waals surface area contributed by atoms with E-state index in [9.17, 15) is 0 Å². The van der Waals surface area contributed by atoms with Gasteiger partial charge in [-0.2, -0.15) is 0 Å². The van der Waals surface area contributed by atoms with E-state index in [2.05, 4.69) is 19.2 Å². The van der Waals surface area contributed by atoms with Gasteiger partial charge in [0.25, 0.3) is 0 Å². The Kier molecular flexibility index (Phi) is 4.39. The van der Waals surface area contributed by atoms with Crippen LogP contribution in [0.15, 0.2) is 24.3 Å². The maximum absolute atomic E-state index is 5.81. The van der Waals surface area contributed by atoms with Crippen LogP contribution in [0.1, 0.15) is 25.5 Å². The van der Waals surface area contributed by atoms with Gasteiger partial charge in [0.1, 0.15) is 0 Å². The van der Waals surface area contributed by atoms with Gasteiger partial charge in [-0.15, -0.1) is 0 Å². The van der Waals surface area contributed by atoms with Gasteiger partial charge in [-0.3, -0.25) is 0 Å². The Morgan fingerprint density at radius 3 is 2.29 bits per heavy atom. The molecule has 1 rings (SSSR count). The quantitative estimate of drug-likeness (QED) is 0.804. The lowest BCUT2D eigenvalue weighted by Crippen LogP contribution is -2.33. The zero-order valence-electron chi connectivity index (χ0n) is 8.63. The number of benzene rings is 1. The Labute approximate surface area is 90.4 Å². The van der Waals surface area contributed by atoms with Gasteiger partial charge in [-0.25, -0.2) is 0 Å². The lowest BCUT2D eigenvalue weighted by Gasteiger charge is -2.19. The zero-order chi connectivity index (χ0) is 10.6. The molecule has 0 saturated carbocycles. The highest BCUT2D eigenvalue weighted by Crippen LogP contribution is 2.16. The minimum Gasteiger partial charge on any atom is -0.329 e. The standard InChI is InChI=1S/C11H17ClN2/c1-8(2)14-11(7-13)9-3-5-10(12)6-4-9/h3-6,8,11,14H,7,13H2,1-2H3. The molecule has 1 unspecified atom stereocenters. The number of hydrogen-bond donors (Lipinski definition) is 2. The van der Waals surface area contributed by atoms with Crippen molar-refractivity contribution in [1.29, 1.82) is 0 Å². The average molecular weight is 213 g/mol. The second kappa shape index (κ2) is 5.35. The number of rotatable bonds is 4. The largest absolute Gasteiger partial charge is 0.329 e. The van der Waals surface area contributed by atoms with E-state index in [0.29, 0.717) is 12.6 Å². The van der Waals surface area contributed by atoms with Crippen LogP contribution >= 0.6 is 11.6 Å². The molecule has 14 heavy (non-hydrogen) atoms. The third kappa shape index (κ3) is 3.29. The maximum atomic E-state index is 5.81. The molecule has 0 radical (unpaired) electrons. The van der Waals surface area contributed by atoms with Crippen LogP contribution in [0, 0.1) is 0 Å². The summed E-state index contributed by atoms with van der Waals surface area (Å²) < 4.78 is 0. The minimum atomic E-state index is 0.215. The predicted octanol–water partition coefficient (Wildman–Crippen LogP) is 2.34. The first kappa shape index (κ1) is 11.5. The number of nitrogens with one attached hydrogen (secondary N) is 1. The van der Waals surface area contributed by atoms with Gasteiger partial charge in [-0.1, -0.05) is 37.6 Å². The molecule has 1 aromatic carbocycles. The highest BCUT2D eigenvalue weighted by atomic mass is 35.5. The second-order valence-electron chi connectivity index (χ2n) is 3.66.